The molecule has 2 N–H and O–H groups in total. The van der Waals surface area contributed by atoms with Crippen molar-refractivity contribution in [2.75, 3.05) is 25.6 Å². The maximum Gasteiger partial charge on any atom is 0.400 e. The summed E-state index contributed by atoms with van der Waals surface area (Å²) in [7, 11) is -5.11. The summed E-state index contributed by atoms with van der Waals surface area (Å²) >= 11 is 0. The molecule has 35 heavy (non-hydrogen) atoms. The van der Waals surface area contributed by atoms with Crippen LogP contribution in [0, 0.1) is 5.92 Å². The van der Waals surface area contributed by atoms with Gasteiger partial charge in [0.2, 0.25) is 0 Å². The first kappa shape index (κ1) is 26.9. The summed E-state index contributed by atoms with van der Waals surface area (Å²) in [5.74, 6) is -3.78. The van der Waals surface area contributed by atoms with Gasteiger partial charge in [-0.15, -0.1) is 0 Å². The van der Waals surface area contributed by atoms with Crippen LogP contribution in [-0.2, 0) is 37.4 Å². The molecule has 0 aromatic carbocycles. The molecule has 3 rings (SSSR count). The molecule has 0 amide bonds. The minimum absolute atomic E-state index is 0.0197. The Morgan fingerprint density at radius 2 is 1.83 bits per heavy atom. The zero-order valence-electron chi connectivity index (χ0n) is 19.4. The number of ether oxygens (including phenoxy) is 3. The Hall–Kier alpha value is -2.74. The van der Waals surface area contributed by atoms with E-state index in [4.69, 9.17) is 29.0 Å². The molecule has 194 valence electrons. The van der Waals surface area contributed by atoms with Crippen molar-refractivity contribution >= 4 is 36.5 Å². The van der Waals surface area contributed by atoms with Crippen molar-refractivity contribution in [3.8, 4) is 0 Å². The zero-order chi connectivity index (χ0) is 26.0. The molecular formula is C19H26F2N5O8P. The number of rotatable bonds is 10. The van der Waals surface area contributed by atoms with Gasteiger partial charge in [-0.3, -0.25) is 18.7 Å². The van der Waals surface area contributed by atoms with E-state index in [0.29, 0.717) is 0 Å². The number of fused-ring (bicyclic) bond motifs is 1. The number of hydrogen-bond acceptors (Lipinski definition) is 12. The molecule has 0 aliphatic carbocycles. The van der Waals surface area contributed by atoms with Crippen LogP contribution >= 0.6 is 7.60 Å². The summed E-state index contributed by atoms with van der Waals surface area (Å²) in [6.07, 6.45) is -2.44. The summed E-state index contributed by atoms with van der Waals surface area (Å²) < 4.78 is 72.4. The molecule has 16 heteroatoms. The average Bonchev–Trinajstić information content (AvgIpc) is 3.34. The molecule has 2 aromatic rings. The van der Waals surface area contributed by atoms with Crippen LogP contribution in [-0.4, -0.2) is 69.1 Å². The molecule has 1 aliphatic rings. The first-order valence-electron chi connectivity index (χ1n) is 10.6. The van der Waals surface area contributed by atoms with Gasteiger partial charge in [0.05, 0.1) is 19.5 Å². The largest absolute Gasteiger partial charge is 0.463 e. The second-order valence-corrected chi connectivity index (χ2v) is 9.58. The van der Waals surface area contributed by atoms with E-state index in [1.54, 1.807) is 0 Å². The lowest BCUT2D eigenvalue weighted by atomic mass is 9.98. The highest BCUT2D eigenvalue weighted by Gasteiger charge is 2.68. The molecule has 0 spiro atoms. The molecular weight excluding hydrogens is 495 g/mol. The van der Waals surface area contributed by atoms with Crippen LogP contribution in [0.1, 0.15) is 33.9 Å². The van der Waals surface area contributed by atoms with Crippen molar-refractivity contribution in [3.63, 3.8) is 0 Å². The monoisotopic (exact) mass is 521 g/mol. The quantitative estimate of drug-likeness (QED) is 0.358. The van der Waals surface area contributed by atoms with Crippen LogP contribution in [0.25, 0.3) is 11.2 Å². The van der Waals surface area contributed by atoms with E-state index in [9.17, 15) is 14.2 Å². The second kappa shape index (κ2) is 10.5. The zero-order valence-corrected chi connectivity index (χ0v) is 20.3. The Balaban J connectivity index is 2.16. The van der Waals surface area contributed by atoms with Crippen LogP contribution in [0.5, 0.6) is 0 Å². The predicted molar refractivity (Wildman–Crippen MR) is 115 cm³/mol. The second-order valence-electron chi connectivity index (χ2n) is 7.47. The van der Waals surface area contributed by atoms with Crippen molar-refractivity contribution in [1.29, 1.82) is 0 Å². The van der Waals surface area contributed by atoms with Crippen LogP contribution in [0.4, 0.5) is 14.6 Å². The van der Waals surface area contributed by atoms with Gasteiger partial charge >= 0.3 is 25.2 Å². The fourth-order valence-corrected chi connectivity index (χ4v) is 5.61. The van der Waals surface area contributed by atoms with Gasteiger partial charge in [0.25, 0.3) is 0 Å². The predicted octanol–water partition coefficient (Wildman–Crippen LogP) is 2.28. The smallest absolute Gasteiger partial charge is 0.400 e. The van der Waals surface area contributed by atoms with Gasteiger partial charge < -0.3 is 29.0 Å². The third kappa shape index (κ3) is 5.13. The third-order valence-corrected chi connectivity index (χ3v) is 7.35. The van der Waals surface area contributed by atoms with E-state index in [-0.39, 0.29) is 30.2 Å². The average molecular weight is 521 g/mol. The summed E-state index contributed by atoms with van der Waals surface area (Å²) in [5, 5.41) is 0. The maximum atomic E-state index is 16.0. The minimum Gasteiger partial charge on any atom is -0.463 e. The minimum atomic E-state index is -5.11. The number of nitrogens with zero attached hydrogens (tertiary/aromatic N) is 4. The number of halogens is 2. The number of hydrogen-bond donors (Lipinski definition) is 1. The number of nitrogens with two attached hydrogens (primary N) is 1. The third-order valence-electron chi connectivity index (χ3n) is 5.13. The molecule has 0 radical (unpaired) electrons. The Morgan fingerprint density at radius 3 is 2.40 bits per heavy atom. The lowest BCUT2D eigenvalue weighted by molar-refractivity contribution is -0.158. The Labute approximate surface area is 198 Å². The fourth-order valence-electron chi connectivity index (χ4n) is 3.83. The molecule has 3 heterocycles. The lowest BCUT2D eigenvalue weighted by Crippen LogP contribution is -2.45. The van der Waals surface area contributed by atoms with E-state index in [1.807, 2.05) is 0 Å². The standard InChI is InChI=1S/C19H26F2N5O8P/c1-5-31-35(29,32-6-2)19(20,21)13-12(7-30-10(3)27)34-18(15(13)33-11(4)28)26-9-25-14-16(22)23-8-24-17(14)26/h8-9,12-13,15,18H,5-7H2,1-4H3,(H2,22,23,24)/t12-,13-,15-,18-/m1/s1. The summed E-state index contributed by atoms with van der Waals surface area (Å²) in [4.78, 5) is 35.4. The Bertz CT molecular complexity index is 1120. The summed E-state index contributed by atoms with van der Waals surface area (Å²) in [5.41, 5.74) is 1.83. The van der Waals surface area contributed by atoms with Gasteiger partial charge in [0.1, 0.15) is 30.5 Å². The van der Waals surface area contributed by atoms with Crippen LogP contribution in [0.15, 0.2) is 12.7 Å². The normalized spacial score (nSPS) is 22.9. The van der Waals surface area contributed by atoms with Crippen molar-refractivity contribution in [3.05, 3.63) is 12.7 Å². The van der Waals surface area contributed by atoms with Crippen molar-refractivity contribution in [2.45, 2.75) is 51.8 Å². The molecule has 2 aromatic heterocycles. The van der Waals surface area contributed by atoms with Crippen LogP contribution in [0.3, 0.4) is 0 Å². The van der Waals surface area contributed by atoms with E-state index in [2.05, 4.69) is 15.0 Å². The molecule has 0 bridgehead atoms. The van der Waals surface area contributed by atoms with Gasteiger partial charge in [-0.05, 0) is 13.8 Å². The van der Waals surface area contributed by atoms with Gasteiger partial charge in [-0.2, -0.15) is 8.78 Å². The van der Waals surface area contributed by atoms with E-state index >= 15 is 8.78 Å². The SMILES string of the molecule is CCOP(=O)(OCC)C(F)(F)[C@H]1[C@@H](OC(C)=O)[C@H](n2cnc3c(N)ncnc32)O[C@@H]1COC(C)=O. The Kier molecular flexibility index (Phi) is 8.04. The van der Waals surface area contributed by atoms with Crippen molar-refractivity contribution in [2.24, 2.45) is 5.92 Å². The molecule has 4 atom stereocenters. The van der Waals surface area contributed by atoms with E-state index in [1.165, 1.54) is 24.7 Å². The van der Waals surface area contributed by atoms with Gasteiger partial charge in [-0.1, -0.05) is 0 Å². The van der Waals surface area contributed by atoms with Crippen molar-refractivity contribution < 1.29 is 46.2 Å². The first-order valence-corrected chi connectivity index (χ1v) is 12.2. The topological polar surface area (TPSA) is 167 Å². The molecule has 13 nitrogen and oxygen atoms in total. The van der Waals surface area contributed by atoms with Gasteiger partial charge in [-0.25, -0.2) is 15.0 Å². The summed E-state index contributed by atoms with van der Waals surface area (Å²) in [6, 6.07) is 0. The molecule has 0 unspecified atom stereocenters. The number of imidazole rings is 1. The van der Waals surface area contributed by atoms with Gasteiger partial charge in [0, 0.05) is 13.8 Å². The Morgan fingerprint density at radius 1 is 1.17 bits per heavy atom. The molecule has 1 saturated heterocycles. The number of alkyl halides is 2. The van der Waals surface area contributed by atoms with Crippen LogP contribution in [0.2, 0.25) is 0 Å². The highest BCUT2D eigenvalue weighted by molar-refractivity contribution is 7.55. The highest BCUT2D eigenvalue weighted by Crippen LogP contribution is 2.67. The lowest BCUT2D eigenvalue weighted by Gasteiger charge is -2.34. The molecule has 1 fully saturated rings. The number of nitrogen functional groups attached to an aromatic ring is 1. The van der Waals surface area contributed by atoms with Crippen molar-refractivity contribution in [1.82, 2.24) is 19.5 Å². The number of carbonyl (C=O) groups is 2. The maximum absolute atomic E-state index is 16.0. The number of anilines is 1. The number of carbonyl (C=O) groups excluding carboxylic acids is 2. The van der Waals surface area contributed by atoms with Crippen LogP contribution < -0.4 is 5.73 Å². The summed E-state index contributed by atoms with van der Waals surface area (Å²) in [6.45, 7) is 3.48. The fraction of sp³-hybridized carbons (Fsp3) is 0.632. The number of esters is 2. The first-order chi connectivity index (χ1) is 16.5. The number of aromatic nitrogens is 4. The molecule has 0 saturated carbocycles. The highest BCUT2D eigenvalue weighted by atomic mass is 31.2. The van der Waals surface area contributed by atoms with Gasteiger partial charge in [0.15, 0.2) is 23.8 Å². The van der Waals surface area contributed by atoms with E-state index < -0.39 is 56.2 Å². The van der Waals surface area contributed by atoms with E-state index in [0.717, 1.165) is 20.2 Å². The molecule has 1 aliphatic heterocycles.